The Bertz CT molecular complexity index is 854. The zero-order chi connectivity index (χ0) is 23.1. The van der Waals surface area contributed by atoms with E-state index in [1.807, 2.05) is 16.5 Å². The fourth-order valence-corrected chi connectivity index (χ4v) is 4.12. The number of aromatic nitrogens is 3. The summed E-state index contributed by atoms with van der Waals surface area (Å²) in [6.45, 7) is 9.22. The monoisotopic (exact) mass is 443 g/mol. The molecule has 1 aromatic heterocycles. The average molecular weight is 444 g/mol. The van der Waals surface area contributed by atoms with Crippen LogP contribution in [0.25, 0.3) is 0 Å². The summed E-state index contributed by atoms with van der Waals surface area (Å²) in [5, 5.41) is 17.9. The molecule has 2 aromatic rings. The van der Waals surface area contributed by atoms with Gasteiger partial charge in [0.05, 0.1) is 37.3 Å². The standard InChI is InChI=1S/C24H37N5O3/c1-18-7-9-21(10-8-18)14-27(4)15-23-19(2)13-28(20(3)16-30)24(31)6-5-11-29-22(17-32-23)12-25-26-29/h7-10,12,19-20,23,30H,5-6,11,13-17H2,1-4H3/t19-,20-,23+/m1/s1. The summed E-state index contributed by atoms with van der Waals surface area (Å²) in [6, 6.07) is 8.36. The Morgan fingerprint density at radius 2 is 2.06 bits per heavy atom. The number of hydrogen-bond acceptors (Lipinski definition) is 6. The van der Waals surface area contributed by atoms with Gasteiger partial charge in [0.1, 0.15) is 0 Å². The molecular formula is C24H37N5O3. The molecule has 0 saturated carbocycles. The van der Waals surface area contributed by atoms with Gasteiger partial charge in [-0.2, -0.15) is 0 Å². The molecule has 0 spiro atoms. The molecule has 176 valence electrons. The maximum Gasteiger partial charge on any atom is 0.222 e. The van der Waals surface area contributed by atoms with Crippen LogP contribution in [-0.2, 0) is 29.2 Å². The van der Waals surface area contributed by atoms with Gasteiger partial charge >= 0.3 is 0 Å². The van der Waals surface area contributed by atoms with Crippen molar-refractivity contribution < 1.29 is 14.6 Å². The summed E-state index contributed by atoms with van der Waals surface area (Å²) >= 11 is 0. The smallest absolute Gasteiger partial charge is 0.222 e. The number of carbonyl (C=O) groups is 1. The molecule has 0 unspecified atom stereocenters. The number of likely N-dealkylation sites (N-methyl/N-ethyl adjacent to an activating group) is 1. The highest BCUT2D eigenvalue weighted by atomic mass is 16.5. The molecule has 32 heavy (non-hydrogen) atoms. The first-order valence-corrected chi connectivity index (χ1v) is 11.5. The van der Waals surface area contributed by atoms with Crippen molar-refractivity contribution in [3.8, 4) is 0 Å². The molecule has 0 radical (unpaired) electrons. The van der Waals surface area contributed by atoms with E-state index in [0.29, 0.717) is 32.5 Å². The molecule has 8 heteroatoms. The zero-order valence-corrected chi connectivity index (χ0v) is 19.8. The predicted molar refractivity (Wildman–Crippen MR) is 123 cm³/mol. The van der Waals surface area contributed by atoms with E-state index in [1.54, 1.807) is 6.20 Å². The molecule has 1 N–H and O–H groups in total. The van der Waals surface area contributed by atoms with Gasteiger partial charge in [-0.1, -0.05) is 42.0 Å². The van der Waals surface area contributed by atoms with Crippen molar-refractivity contribution in [3.05, 3.63) is 47.3 Å². The molecule has 0 aliphatic carbocycles. The largest absolute Gasteiger partial charge is 0.394 e. The third-order valence-corrected chi connectivity index (χ3v) is 6.20. The first kappa shape index (κ1) is 24.4. The van der Waals surface area contributed by atoms with Gasteiger partial charge in [0.2, 0.25) is 5.91 Å². The van der Waals surface area contributed by atoms with Gasteiger partial charge in [-0.15, -0.1) is 5.10 Å². The van der Waals surface area contributed by atoms with E-state index in [0.717, 1.165) is 18.8 Å². The van der Waals surface area contributed by atoms with Crippen molar-refractivity contribution in [2.75, 3.05) is 26.7 Å². The van der Waals surface area contributed by atoms with Crippen molar-refractivity contribution in [2.45, 2.75) is 65.5 Å². The van der Waals surface area contributed by atoms with E-state index in [4.69, 9.17) is 4.74 Å². The number of hydrogen-bond donors (Lipinski definition) is 1. The highest BCUT2D eigenvalue weighted by Gasteiger charge is 2.28. The number of aryl methyl sites for hydroxylation is 2. The summed E-state index contributed by atoms with van der Waals surface area (Å²) in [7, 11) is 2.09. The average Bonchev–Trinajstić information content (AvgIpc) is 3.22. The number of rotatable bonds is 6. The Morgan fingerprint density at radius 1 is 1.31 bits per heavy atom. The van der Waals surface area contributed by atoms with E-state index >= 15 is 0 Å². The summed E-state index contributed by atoms with van der Waals surface area (Å²) in [6.07, 6.45) is 2.76. The molecule has 2 heterocycles. The van der Waals surface area contributed by atoms with Crippen LogP contribution in [0.4, 0.5) is 0 Å². The maximum absolute atomic E-state index is 12.9. The van der Waals surface area contributed by atoms with Gasteiger partial charge in [0.25, 0.3) is 0 Å². The lowest BCUT2D eigenvalue weighted by molar-refractivity contribution is -0.136. The minimum atomic E-state index is -0.222. The molecule has 0 bridgehead atoms. The lowest BCUT2D eigenvalue weighted by Gasteiger charge is -2.35. The fourth-order valence-electron chi connectivity index (χ4n) is 4.12. The summed E-state index contributed by atoms with van der Waals surface area (Å²) < 4.78 is 8.22. The summed E-state index contributed by atoms with van der Waals surface area (Å²) in [5.74, 6) is 0.157. The van der Waals surface area contributed by atoms with Crippen LogP contribution in [0.15, 0.2) is 30.5 Å². The van der Waals surface area contributed by atoms with Crippen LogP contribution in [0.2, 0.25) is 0 Å². The molecule has 3 atom stereocenters. The Kier molecular flexibility index (Phi) is 8.78. The molecule has 3 rings (SSSR count). The van der Waals surface area contributed by atoms with Crippen molar-refractivity contribution >= 4 is 5.91 Å². The number of aliphatic hydroxyl groups is 1. The molecule has 1 amide bonds. The second kappa shape index (κ2) is 11.5. The van der Waals surface area contributed by atoms with Crippen LogP contribution < -0.4 is 0 Å². The molecule has 1 aliphatic rings. The van der Waals surface area contributed by atoms with Crippen LogP contribution in [-0.4, -0.2) is 74.7 Å². The van der Waals surface area contributed by atoms with E-state index in [2.05, 4.69) is 60.4 Å². The molecule has 1 aliphatic heterocycles. The third kappa shape index (κ3) is 6.60. The van der Waals surface area contributed by atoms with Crippen molar-refractivity contribution in [3.63, 3.8) is 0 Å². The maximum atomic E-state index is 12.9. The van der Waals surface area contributed by atoms with Gasteiger partial charge in [0, 0.05) is 38.5 Å². The van der Waals surface area contributed by atoms with E-state index in [9.17, 15) is 9.90 Å². The van der Waals surface area contributed by atoms with Crippen LogP contribution in [0.5, 0.6) is 0 Å². The van der Waals surface area contributed by atoms with Crippen LogP contribution >= 0.6 is 0 Å². The number of fused-ring (bicyclic) bond motifs is 1. The molecule has 1 aromatic carbocycles. The van der Waals surface area contributed by atoms with E-state index in [-0.39, 0.29) is 30.6 Å². The SMILES string of the molecule is Cc1ccc(CN(C)C[C@@H]2OCc3cnnn3CCCC(=O)N([C@H](C)CO)C[C@H]2C)cc1. The Balaban J connectivity index is 1.76. The van der Waals surface area contributed by atoms with Gasteiger partial charge in [-0.05, 0) is 32.9 Å². The van der Waals surface area contributed by atoms with Crippen molar-refractivity contribution in [1.29, 1.82) is 0 Å². The minimum absolute atomic E-state index is 0.0511. The first-order valence-electron chi connectivity index (χ1n) is 11.5. The van der Waals surface area contributed by atoms with E-state index in [1.165, 1.54) is 11.1 Å². The van der Waals surface area contributed by atoms with Crippen molar-refractivity contribution in [1.82, 2.24) is 24.8 Å². The second-order valence-electron chi connectivity index (χ2n) is 9.14. The Hall–Kier alpha value is -2.29. The highest BCUT2D eigenvalue weighted by Crippen LogP contribution is 2.19. The van der Waals surface area contributed by atoms with Crippen LogP contribution in [0.1, 0.15) is 43.5 Å². The molecule has 0 saturated heterocycles. The predicted octanol–water partition coefficient (Wildman–Crippen LogP) is 2.24. The Morgan fingerprint density at radius 3 is 2.78 bits per heavy atom. The summed E-state index contributed by atoms with van der Waals surface area (Å²) in [5.41, 5.74) is 3.43. The molecule has 0 fully saturated rings. The quantitative estimate of drug-likeness (QED) is 0.737. The van der Waals surface area contributed by atoms with Crippen LogP contribution in [0, 0.1) is 12.8 Å². The van der Waals surface area contributed by atoms with Gasteiger partial charge < -0.3 is 14.7 Å². The Labute approximate surface area is 191 Å². The first-order chi connectivity index (χ1) is 15.4. The number of carbonyl (C=O) groups excluding carboxylic acids is 1. The molecular weight excluding hydrogens is 406 g/mol. The highest BCUT2D eigenvalue weighted by molar-refractivity contribution is 5.76. The van der Waals surface area contributed by atoms with Crippen LogP contribution in [0.3, 0.4) is 0 Å². The summed E-state index contributed by atoms with van der Waals surface area (Å²) in [4.78, 5) is 17.0. The topological polar surface area (TPSA) is 83.7 Å². The number of ether oxygens (including phenoxy) is 1. The third-order valence-electron chi connectivity index (χ3n) is 6.20. The lowest BCUT2D eigenvalue weighted by Crippen LogP contribution is -2.47. The fraction of sp³-hybridized carbons (Fsp3) is 0.625. The van der Waals surface area contributed by atoms with Gasteiger partial charge in [-0.3, -0.25) is 9.69 Å². The van der Waals surface area contributed by atoms with Gasteiger partial charge in [-0.25, -0.2) is 4.68 Å². The second-order valence-corrected chi connectivity index (χ2v) is 9.14. The lowest BCUT2D eigenvalue weighted by atomic mass is 10.0. The molecule has 8 nitrogen and oxygen atoms in total. The van der Waals surface area contributed by atoms with Crippen molar-refractivity contribution in [2.24, 2.45) is 5.92 Å². The minimum Gasteiger partial charge on any atom is -0.394 e. The van der Waals surface area contributed by atoms with E-state index < -0.39 is 0 Å². The number of nitrogens with zero attached hydrogens (tertiary/aromatic N) is 5. The normalized spacial score (nSPS) is 21.7. The number of benzene rings is 1. The van der Waals surface area contributed by atoms with Gasteiger partial charge in [0.15, 0.2) is 0 Å². The number of aliphatic hydroxyl groups excluding tert-OH is 1. The zero-order valence-electron chi connectivity index (χ0n) is 19.8. The number of amides is 1.